The second kappa shape index (κ2) is 7.16. The third-order valence-electron chi connectivity index (χ3n) is 3.55. The molecule has 0 aliphatic carbocycles. The van der Waals surface area contributed by atoms with Crippen molar-refractivity contribution in [3.8, 4) is 0 Å². The quantitative estimate of drug-likeness (QED) is 0.800. The van der Waals surface area contributed by atoms with Crippen LogP contribution in [0.4, 0.5) is 5.69 Å². The number of halogens is 1. The van der Waals surface area contributed by atoms with Gasteiger partial charge in [0.25, 0.3) is 10.0 Å². The Morgan fingerprint density at radius 2 is 1.59 bits per heavy atom. The molecule has 1 N–H and O–H groups in total. The van der Waals surface area contributed by atoms with Crippen LogP contribution >= 0.6 is 11.6 Å². The smallest absolute Gasteiger partial charge is 0.261 e. The maximum absolute atomic E-state index is 12.5. The number of sulfonamides is 1. The monoisotopic (exact) mass is 337 g/mol. The number of alkyl halides is 1. The number of benzene rings is 2. The van der Waals surface area contributed by atoms with E-state index in [4.69, 9.17) is 11.6 Å². The van der Waals surface area contributed by atoms with Gasteiger partial charge in [0.15, 0.2) is 0 Å². The number of rotatable bonds is 6. The molecule has 0 spiro atoms. The topological polar surface area (TPSA) is 46.2 Å². The van der Waals surface area contributed by atoms with Crippen LogP contribution in [0.1, 0.15) is 23.1 Å². The minimum Gasteiger partial charge on any atom is -0.279 e. The maximum Gasteiger partial charge on any atom is 0.261 e. The molecule has 2 aromatic rings. The van der Waals surface area contributed by atoms with Crippen molar-refractivity contribution in [1.82, 2.24) is 0 Å². The Morgan fingerprint density at radius 1 is 1.00 bits per heavy atom. The molecule has 0 bridgehead atoms. The van der Waals surface area contributed by atoms with E-state index in [0.29, 0.717) is 11.6 Å². The van der Waals surface area contributed by atoms with E-state index in [9.17, 15) is 8.42 Å². The van der Waals surface area contributed by atoms with Gasteiger partial charge >= 0.3 is 0 Å². The average molecular weight is 338 g/mol. The third kappa shape index (κ3) is 4.02. The fourth-order valence-electron chi connectivity index (χ4n) is 2.27. The first-order valence-electron chi connectivity index (χ1n) is 7.18. The van der Waals surface area contributed by atoms with Gasteiger partial charge < -0.3 is 0 Å². The van der Waals surface area contributed by atoms with Crippen LogP contribution in [0.3, 0.4) is 0 Å². The highest BCUT2D eigenvalue weighted by molar-refractivity contribution is 7.92. The number of hydrogen-bond acceptors (Lipinski definition) is 2. The highest BCUT2D eigenvalue weighted by Crippen LogP contribution is 2.23. The zero-order valence-electron chi connectivity index (χ0n) is 12.8. The first-order chi connectivity index (χ1) is 10.4. The van der Waals surface area contributed by atoms with Crippen LogP contribution < -0.4 is 4.72 Å². The number of nitrogens with one attached hydrogen (secondary N) is 1. The van der Waals surface area contributed by atoms with Gasteiger partial charge in [-0.25, -0.2) is 8.42 Å². The lowest BCUT2D eigenvalue weighted by molar-refractivity contribution is 0.601. The molecule has 0 aliphatic rings. The van der Waals surface area contributed by atoms with Crippen LogP contribution in [0.2, 0.25) is 0 Å². The van der Waals surface area contributed by atoms with Crippen molar-refractivity contribution in [2.24, 2.45) is 0 Å². The minimum absolute atomic E-state index is 0.268. The summed E-state index contributed by atoms with van der Waals surface area (Å²) in [6, 6.07) is 12.6. The molecule has 2 aromatic carbocycles. The van der Waals surface area contributed by atoms with Gasteiger partial charge in [0.05, 0.1) is 10.6 Å². The van der Waals surface area contributed by atoms with Crippen LogP contribution in [0.25, 0.3) is 0 Å². The molecule has 2 rings (SSSR count). The van der Waals surface area contributed by atoms with Crippen molar-refractivity contribution in [3.63, 3.8) is 0 Å². The summed E-state index contributed by atoms with van der Waals surface area (Å²) in [4.78, 5) is 0.268. The summed E-state index contributed by atoms with van der Waals surface area (Å²) >= 11 is 5.67. The Labute approximate surface area is 137 Å². The molecule has 0 aromatic heterocycles. The van der Waals surface area contributed by atoms with Crippen LogP contribution in [-0.2, 0) is 16.4 Å². The Hall–Kier alpha value is -1.52. The second-order valence-electron chi connectivity index (χ2n) is 5.31. The molecule has 118 valence electrons. The van der Waals surface area contributed by atoms with E-state index < -0.39 is 10.0 Å². The molecule has 0 fully saturated rings. The van der Waals surface area contributed by atoms with Crippen LogP contribution in [0.5, 0.6) is 0 Å². The molecule has 0 atom stereocenters. The fraction of sp³-hybridized carbons (Fsp3) is 0.294. The molecule has 0 saturated carbocycles. The van der Waals surface area contributed by atoms with Crippen molar-refractivity contribution in [1.29, 1.82) is 0 Å². The Morgan fingerprint density at radius 3 is 2.14 bits per heavy atom. The van der Waals surface area contributed by atoms with Gasteiger partial charge in [-0.05, 0) is 55.5 Å². The molecule has 0 unspecified atom stereocenters. The molecule has 0 heterocycles. The van der Waals surface area contributed by atoms with Crippen molar-refractivity contribution in [3.05, 3.63) is 59.2 Å². The summed E-state index contributed by atoms with van der Waals surface area (Å²) in [6.45, 7) is 3.78. The van der Waals surface area contributed by atoms with Crippen LogP contribution in [0, 0.1) is 13.8 Å². The summed E-state index contributed by atoms with van der Waals surface area (Å²) in [5.74, 6) is 0.605. The molecular formula is C17H20ClNO2S. The summed E-state index contributed by atoms with van der Waals surface area (Å²) in [7, 11) is -3.57. The summed E-state index contributed by atoms with van der Waals surface area (Å²) in [5.41, 5.74) is 3.55. The predicted molar refractivity (Wildman–Crippen MR) is 92.2 cm³/mol. The minimum atomic E-state index is -3.57. The highest BCUT2D eigenvalue weighted by Gasteiger charge is 2.16. The van der Waals surface area contributed by atoms with Crippen molar-refractivity contribution in [2.45, 2.75) is 31.6 Å². The Balaban J connectivity index is 2.23. The van der Waals surface area contributed by atoms with Gasteiger partial charge in [-0.15, -0.1) is 11.6 Å². The second-order valence-corrected chi connectivity index (χ2v) is 7.37. The van der Waals surface area contributed by atoms with Crippen molar-refractivity contribution < 1.29 is 8.42 Å². The van der Waals surface area contributed by atoms with E-state index in [1.165, 1.54) is 0 Å². The molecule has 5 heteroatoms. The van der Waals surface area contributed by atoms with Crippen LogP contribution in [0.15, 0.2) is 47.4 Å². The largest absolute Gasteiger partial charge is 0.279 e. The molecular weight excluding hydrogens is 318 g/mol. The van der Waals surface area contributed by atoms with Crippen molar-refractivity contribution >= 4 is 27.3 Å². The zero-order valence-corrected chi connectivity index (χ0v) is 14.3. The van der Waals surface area contributed by atoms with Gasteiger partial charge in [-0.1, -0.05) is 30.3 Å². The van der Waals surface area contributed by atoms with Crippen LogP contribution in [-0.4, -0.2) is 14.3 Å². The van der Waals surface area contributed by atoms with Gasteiger partial charge in [-0.2, -0.15) is 0 Å². The molecule has 0 radical (unpaired) electrons. The highest BCUT2D eigenvalue weighted by atomic mass is 35.5. The summed E-state index contributed by atoms with van der Waals surface area (Å²) in [6.07, 6.45) is 1.74. The normalized spacial score (nSPS) is 11.4. The number of aryl methyl sites for hydroxylation is 3. The van der Waals surface area contributed by atoms with Crippen molar-refractivity contribution in [2.75, 3.05) is 10.6 Å². The lowest BCUT2D eigenvalue weighted by atomic mass is 10.1. The lowest BCUT2D eigenvalue weighted by Gasteiger charge is -2.13. The van der Waals surface area contributed by atoms with Gasteiger partial charge in [0, 0.05) is 5.88 Å². The molecule has 0 aliphatic heterocycles. The van der Waals surface area contributed by atoms with Gasteiger partial charge in [0.2, 0.25) is 0 Å². The lowest BCUT2D eigenvalue weighted by Crippen LogP contribution is -2.14. The average Bonchev–Trinajstić information content (AvgIpc) is 2.49. The van der Waals surface area contributed by atoms with Gasteiger partial charge in [0.1, 0.15) is 0 Å². The first kappa shape index (κ1) is 16.8. The van der Waals surface area contributed by atoms with E-state index in [2.05, 4.69) is 4.72 Å². The van der Waals surface area contributed by atoms with E-state index in [0.717, 1.165) is 29.5 Å². The number of hydrogen-bond donors (Lipinski definition) is 1. The van der Waals surface area contributed by atoms with E-state index >= 15 is 0 Å². The zero-order chi connectivity index (χ0) is 16.2. The third-order valence-corrected chi connectivity index (χ3v) is 5.18. The first-order valence-corrected chi connectivity index (χ1v) is 9.20. The van der Waals surface area contributed by atoms with Gasteiger partial charge in [-0.3, -0.25) is 4.72 Å². The summed E-state index contributed by atoms with van der Waals surface area (Å²) < 4.78 is 27.7. The molecule has 3 nitrogen and oxygen atoms in total. The number of para-hydroxylation sites is 1. The number of anilines is 1. The molecule has 0 amide bonds. The Kier molecular flexibility index (Phi) is 5.48. The maximum atomic E-state index is 12.5. The summed E-state index contributed by atoms with van der Waals surface area (Å²) in [5, 5.41) is 0. The SMILES string of the molecule is Cc1cccc(C)c1NS(=O)(=O)c1ccc(CCCCl)cc1. The van der Waals surface area contributed by atoms with E-state index in [-0.39, 0.29) is 4.90 Å². The Bertz CT molecular complexity index is 720. The fourth-order valence-corrected chi connectivity index (χ4v) is 3.61. The molecule has 0 saturated heterocycles. The standard InChI is InChI=1S/C17H20ClNO2S/c1-13-5-3-6-14(2)17(13)19-22(20,21)16-10-8-15(9-11-16)7-4-12-18/h3,5-6,8-11,19H,4,7,12H2,1-2H3. The van der Waals surface area contributed by atoms with E-state index in [1.807, 2.05) is 44.2 Å². The molecule has 22 heavy (non-hydrogen) atoms. The predicted octanol–water partition coefficient (Wildman–Crippen LogP) is 4.28. The van der Waals surface area contributed by atoms with E-state index in [1.54, 1.807) is 12.1 Å².